The zero-order chi connectivity index (χ0) is 12.0. The molecule has 1 aromatic carbocycles. The minimum absolute atomic E-state index is 0.164. The first kappa shape index (κ1) is 12.7. The molecule has 0 fully saturated rings. The topological polar surface area (TPSA) is 37.3 Å². The van der Waals surface area contributed by atoms with Gasteiger partial charge < -0.3 is 5.11 Å². The second kappa shape index (κ2) is 6.28. The molecule has 0 aliphatic heterocycles. The highest BCUT2D eigenvalue weighted by Gasteiger charge is 2.04. The lowest BCUT2D eigenvalue weighted by molar-refractivity contribution is -0.136. The fraction of sp³-hybridized carbons (Fsp3) is 0.250. The summed E-state index contributed by atoms with van der Waals surface area (Å²) in [7, 11) is 0. The van der Waals surface area contributed by atoms with Crippen molar-refractivity contribution in [1.82, 2.24) is 0 Å². The fourth-order valence-electron chi connectivity index (χ4n) is 1.26. The van der Waals surface area contributed by atoms with Gasteiger partial charge in [0.25, 0.3) is 0 Å². The van der Waals surface area contributed by atoms with Crippen LogP contribution in [-0.4, -0.2) is 17.0 Å². The van der Waals surface area contributed by atoms with E-state index in [9.17, 15) is 9.18 Å². The fourth-order valence-corrected chi connectivity index (χ4v) is 1.39. The highest BCUT2D eigenvalue weighted by molar-refractivity contribution is 6.17. The summed E-state index contributed by atoms with van der Waals surface area (Å²) in [6.45, 7) is 0. The van der Waals surface area contributed by atoms with Crippen molar-refractivity contribution in [3.63, 3.8) is 0 Å². The Morgan fingerprint density at radius 3 is 2.81 bits per heavy atom. The molecule has 0 aliphatic carbocycles. The van der Waals surface area contributed by atoms with E-state index in [1.54, 1.807) is 24.3 Å². The molecule has 0 aliphatic rings. The quantitative estimate of drug-likeness (QED) is 0.806. The van der Waals surface area contributed by atoms with Gasteiger partial charge in [-0.1, -0.05) is 24.3 Å². The number of aliphatic carboxylic acids is 1. The lowest BCUT2D eigenvalue weighted by Gasteiger charge is -2.00. The van der Waals surface area contributed by atoms with E-state index in [0.29, 0.717) is 23.4 Å². The molecule has 0 unspecified atom stereocenters. The maximum Gasteiger partial charge on any atom is 0.307 e. The number of rotatable bonds is 5. The zero-order valence-corrected chi connectivity index (χ0v) is 9.38. The minimum Gasteiger partial charge on any atom is -0.481 e. The van der Waals surface area contributed by atoms with Crippen molar-refractivity contribution in [2.75, 3.05) is 5.88 Å². The number of hydrogen-bond acceptors (Lipinski definition) is 1. The van der Waals surface area contributed by atoms with E-state index < -0.39 is 11.8 Å². The molecule has 0 aromatic heterocycles. The lowest BCUT2D eigenvalue weighted by atomic mass is 10.1. The van der Waals surface area contributed by atoms with Gasteiger partial charge in [-0.25, -0.2) is 4.39 Å². The molecule has 0 heterocycles. The maximum atomic E-state index is 13.5. The molecule has 2 nitrogen and oxygen atoms in total. The van der Waals surface area contributed by atoms with Gasteiger partial charge in [-0.15, -0.1) is 11.6 Å². The van der Waals surface area contributed by atoms with Gasteiger partial charge in [0.1, 0.15) is 5.82 Å². The van der Waals surface area contributed by atoms with E-state index in [1.165, 1.54) is 6.07 Å². The Bertz CT molecular complexity index is 402. The second-order valence-corrected chi connectivity index (χ2v) is 3.68. The Balaban J connectivity index is 2.79. The molecule has 1 rings (SSSR count). The van der Waals surface area contributed by atoms with Crippen molar-refractivity contribution in [3.8, 4) is 0 Å². The molecular formula is C12H12ClFO2. The molecule has 0 spiro atoms. The summed E-state index contributed by atoms with van der Waals surface area (Å²) in [5.74, 6) is -0.885. The average molecular weight is 243 g/mol. The van der Waals surface area contributed by atoms with Crippen LogP contribution in [0.4, 0.5) is 4.39 Å². The van der Waals surface area contributed by atoms with E-state index in [4.69, 9.17) is 16.7 Å². The standard InChI is InChI=1S/C12H12ClFO2/c13-6-2-1-3-10-5-4-9(7-11(10)14)8-12(15)16/h1,3-5,7H,2,6,8H2,(H,15,16). The van der Waals surface area contributed by atoms with Gasteiger partial charge in [0, 0.05) is 11.4 Å². The molecule has 0 saturated carbocycles. The second-order valence-electron chi connectivity index (χ2n) is 3.31. The van der Waals surface area contributed by atoms with Crippen molar-refractivity contribution in [3.05, 3.63) is 41.2 Å². The van der Waals surface area contributed by atoms with Crippen molar-refractivity contribution in [1.29, 1.82) is 0 Å². The Kier molecular flexibility index (Phi) is 4.99. The SMILES string of the molecule is O=C(O)Cc1ccc(C=CCCCl)c(F)c1. The number of alkyl halides is 1. The zero-order valence-electron chi connectivity index (χ0n) is 8.62. The number of halogens is 2. The van der Waals surface area contributed by atoms with Crippen LogP contribution in [0.25, 0.3) is 6.08 Å². The Morgan fingerprint density at radius 2 is 2.25 bits per heavy atom. The molecule has 16 heavy (non-hydrogen) atoms. The molecule has 0 bridgehead atoms. The largest absolute Gasteiger partial charge is 0.481 e. The Labute approximate surface area is 98.4 Å². The number of allylic oxidation sites excluding steroid dienone is 1. The molecule has 4 heteroatoms. The van der Waals surface area contributed by atoms with E-state index in [-0.39, 0.29) is 6.42 Å². The first-order chi connectivity index (χ1) is 7.63. The molecule has 0 atom stereocenters. The first-order valence-electron chi connectivity index (χ1n) is 4.86. The van der Waals surface area contributed by atoms with Crippen LogP contribution in [0.1, 0.15) is 17.5 Å². The number of carboxylic acids is 1. The van der Waals surface area contributed by atoms with Gasteiger partial charge in [-0.05, 0) is 18.1 Å². The van der Waals surface area contributed by atoms with Crippen molar-refractivity contribution >= 4 is 23.6 Å². The third-order valence-electron chi connectivity index (χ3n) is 1.99. The average Bonchev–Trinajstić information content (AvgIpc) is 2.20. The van der Waals surface area contributed by atoms with Crippen LogP contribution >= 0.6 is 11.6 Å². The molecule has 86 valence electrons. The van der Waals surface area contributed by atoms with E-state index >= 15 is 0 Å². The minimum atomic E-state index is -0.968. The summed E-state index contributed by atoms with van der Waals surface area (Å²) in [6, 6.07) is 4.42. The molecule has 0 amide bonds. The summed E-state index contributed by atoms with van der Waals surface area (Å²) in [5.41, 5.74) is 0.902. The van der Waals surface area contributed by atoms with Crippen LogP contribution in [0.15, 0.2) is 24.3 Å². The summed E-state index contributed by atoms with van der Waals surface area (Å²) in [4.78, 5) is 10.4. The van der Waals surface area contributed by atoms with Crippen molar-refractivity contribution in [2.24, 2.45) is 0 Å². The number of hydrogen-bond donors (Lipinski definition) is 1. The molecule has 0 saturated heterocycles. The van der Waals surface area contributed by atoms with Gasteiger partial charge in [0.15, 0.2) is 0 Å². The van der Waals surface area contributed by atoms with Gasteiger partial charge in [0.05, 0.1) is 6.42 Å². The molecule has 1 aromatic rings. The molecule has 0 radical (unpaired) electrons. The highest BCUT2D eigenvalue weighted by atomic mass is 35.5. The smallest absolute Gasteiger partial charge is 0.307 e. The Morgan fingerprint density at radius 1 is 1.50 bits per heavy atom. The van der Waals surface area contributed by atoms with E-state index in [0.717, 1.165) is 0 Å². The van der Waals surface area contributed by atoms with Crippen molar-refractivity contribution in [2.45, 2.75) is 12.8 Å². The number of benzene rings is 1. The van der Waals surface area contributed by atoms with Gasteiger partial charge >= 0.3 is 5.97 Å². The van der Waals surface area contributed by atoms with Crippen molar-refractivity contribution < 1.29 is 14.3 Å². The first-order valence-corrected chi connectivity index (χ1v) is 5.39. The summed E-state index contributed by atoms with van der Waals surface area (Å²) in [5, 5.41) is 8.55. The van der Waals surface area contributed by atoms with Crippen LogP contribution in [0, 0.1) is 5.82 Å². The maximum absolute atomic E-state index is 13.5. The predicted octanol–water partition coefficient (Wildman–Crippen LogP) is 3.09. The van der Waals surface area contributed by atoms with Crippen LogP contribution in [-0.2, 0) is 11.2 Å². The normalized spacial score (nSPS) is 10.9. The van der Waals surface area contributed by atoms with Crippen LogP contribution in [0.3, 0.4) is 0 Å². The molecule has 1 N–H and O–H groups in total. The predicted molar refractivity (Wildman–Crippen MR) is 62.1 cm³/mol. The van der Waals surface area contributed by atoms with E-state index in [2.05, 4.69) is 0 Å². The summed E-state index contributed by atoms with van der Waals surface area (Å²) in [6.07, 6.45) is 3.94. The van der Waals surface area contributed by atoms with Gasteiger partial charge in [-0.3, -0.25) is 4.79 Å². The van der Waals surface area contributed by atoms with Crippen LogP contribution < -0.4 is 0 Å². The third-order valence-corrected chi connectivity index (χ3v) is 2.21. The van der Waals surface area contributed by atoms with Crippen LogP contribution in [0.5, 0.6) is 0 Å². The lowest BCUT2D eigenvalue weighted by Crippen LogP contribution is -2.00. The monoisotopic (exact) mass is 242 g/mol. The summed E-state index contributed by atoms with van der Waals surface area (Å²) < 4.78 is 13.5. The summed E-state index contributed by atoms with van der Waals surface area (Å²) >= 11 is 5.48. The van der Waals surface area contributed by atoms with Crippen LogP contribution in [0.2, 0.25) is 0 Å². The number of carbonyl (C=O) groups is 1. The van der Waals surface area contributed by atoms with Gasteiger partial charge in [0.2, 0.25) is 0 Å². The van der Waals surface area contributed by atoms with Gasteiger partial charge in [-0.2, -0.15) is 0 Å². The van der Waals surface area contributed by atoms with E-state index in [1.807, 2.05) is 0 Å². The third kappa shape index (κ3) is 4.03. The Hall–Kier alpha value is -1.35. The number of carboxylic acid groups (broad SMARTS) is 1. The molecular weight excluding hydrogens is 231 g/mol. The highest BCUT2D eigenvalue weighted by Crippen LogP contribution is 2.13.